The average Bonchev–Trinajstić information content (AvgIpc) is 2.60. The van der Waals surface area contributed by atoms with Gasteiger partial charge < -0.3 is 13.9 Å². The average molecular weight is 389 g/mol. The van der Waals surface area contributed by atoms with Gasteiger partial charge in [-0.1, -0.05) is 6.07 Å². The molecule has 0 atom stereocenters. The van der Waals surface area contributed by atoms with E-state index in [1.54, 1.807) is 19.9 Å². The molecule has 0 unspecified atom stereocenters. The smallest absolute Gasteiger partial charge is 0.453 e. The number of aryl methyl sites for hydroxylation is 2. The zero-order valence-electron chi connectivity index (χ0n) is 14.9. The van der Waals surface area contributed by atoms with E-state index in [1.165, 1.54) is 24.3 Å². The number of hydrogen-bond donors (Lipinski definition) is 0. The topological polar surface area (TPSA) is 72.5 Å². The zero-order valence-corrected chi connectivity index (χ0v) is 14.9. The van der Waals surface area contributed by atoms with Gasteiger partial charge in [-0.05, 0) is 49.2 Å². The van der Waals surface area contributed by atoms with Crippen molar-refractivity contribution in [2.24, 2.45) is 0 Å². The summed E-state index contributed by atoms with van der Waals surface area (Å²) in [7, 11) is 0. The van der Waals surface area contributed by atoms with Crippen LogP contribution >= 0.6 is 0 Å². The van der Waals surface area contributed by atoms with Crippen LogP contribution in [0.25, 0.3) is 11.0 Å². The van der Waals surface area contributed by atoms with Crippen LogP contribution in [0.1, 0.15) is 16.9 Å². The summed E-state index contributed by atoms with van der Waals surface area (Å²) in [5.74, 6) is -2.27. The molecule has 5 nitrogen and oxygen atoms in total. The molecule has 144 valence electrons. The van der Waals surface area contributed by atoms with Crippen LogP contribution in [-0.2, 0) is 6.18 Å². The van der Waals surface area contributed by atoms with Crippen molar-refractivity contribution < 1.29 is 27.1 Å². The Morgan fingerprint density at radius 1 is 1.07 bits per heavy atom. The summed E-state index contributed by atoms with van der Waals surface area (Å²) in [6, 6.07) is 10.4. The number of nitrogens with zero attached hydrogens (tertiary/aromatic N) is 1. The minimum Gasteiger partial charge on any atom is -0.479 e. The molecule has 0 aliphatic rings. The zero-order chi connectivity index (χ0) is 20.5. The SMILES string of the molecule is Cc1cc(C)cc(Oc2c(C(F)(F)F)oc3cc(OCC#N)ccc3c2=O)c1. The number of rotatable bonds is 4. The van der Waals surface area contributed by atoms with E-state index in [4.69, 9.17) is 19.2 Å². The van der Waals surface area contributed by atoms with Crippen LogP contribution in [0.4, 0.5) is 13.2 Å². The van der Waals surface area contributed by atoms with Gasteiger partial charge in [0.15, 0.2) is 6.61 Å². The van der Waals surface area contributed by atoms with Crippen LogP contribution in [0.15, 0.2) is 45.6 Å². The summed E-state index contributed by atoms with van der Waals surface area (Å²) in [6.07, 6.45) is -4.95. The lowest BCUT2D eigenvalue weighted by atomic mass is 10.1. The van der Waals surface area contributed by atoms with Gasteiger partial charge >= 0.3 is 6.18 Å². The van der Waals surface area contributed by atoms with Crippen molar-refractivity contribution in [1.29, 1.82) is 5.26 Å². The van der Waals surface area contributed by atoms with Gasteiger partial charge in [-0.3, -0.25) is 4.79 Å². The Kier molecular flexibility index (Phi) is 5.01. The van der Waals surface area contributed by atoms with Crippen LogP contribution in [0.3, 0.4) is 0 Å². The van der Waals surface area contributed by atoms with Gasteiger partial charge in [-0.2, -0.15) is 18.4 Å². The Labute approximate surface area is 157 Å². The summed E-state index contributed by atoms with van der Waals surface area (Å²) in [6.45, 7) is 3.22. The normalized spacial score (nSPS) is 11.3. The Balaban J connectivity index is 2.19. The maximum atomic E-state index is 13.5. The molecular weight excluding hydrogens is 375 g/mol. The molecule has 0 radical (unpaired) electrons. The molecule has 2 aromatic carbocycles. The molecule has 0 spiro atoms. The molecule has 1 aromatic heterocycles. The Hall–Kier alpha value is -3.47. The van der Waals surface area contributed by atoms with E-state index in [-0.39, 0.29) is 29.1 Å². The first-order chi connectivity index (χ1) is 13.2. The third-order valence-corrected chi connectivity index (χ3v) is 3.80. The van der Waals surface area contributed by atoms with Crippen LogP contribution in [-0.4, -0.2) is 6.61 Å². The highest BCUT2D eigenvalue weighted by Gasteiger charge is 2.40. The lowest BCUT2D eigenvalue weighted by Gasteiger charge is -2.14. The molecule has 0 fully saturated rings. The highest BCUT2D eigenvalue weighted by molar-refractivity contribution is 5.79. The molecule has 0 bridgehead atoms. The predicted molar refractivity (Wildman–Crippen MR) is 94.6 cm³/mol. The monoisotopic (exact) mass is 389 g/mol. The molecule has 0 saturated carbocycles. The molecule has 0 aliphatic carbocycles. The Morgan fingerprint density at radius 3 is 2.36 bits per heavy atom. The van der Waals surface area contributed by atoms with Gasteiger partial charge in [0.05, 0.1) is 5.39 Å². The summed E-state index contributed by atoms with van der Waals surface area (Å²) in [4.78, 5) is 12.7. The van der Waals surface area contributed by atoms with Gasteiger partial charge in [0.2, 0.25) is 11.2 Å². The van der Waals surface area contributed by atoms with E-state index in [1.807, 2.05) is 6.07 Å². The fraction of sp³-hybridized carbons (Fsp3) is 0.200. The largest absolute Gasteiger partial charge is 0.479 e. The third-order valence-electron chi connectivity index (χ3n) is 3.80. The summed E-state index contributed by atoms with van der Waals surface area (Å²) in [5.41, 5.74) is 0.265. The summed E-state index contributed by atoms with van der Waals surface area (Å²) >= 11 is 0. The van der Waals surface area contributed by atoms with E-state index in [0.29, 0.717) is 0 Å². The van der Waals surface area contributed by atoms with Gasteiger partial charge in [-0.25, -0.2) is 0 Å². The van der Waals surface area contributed by atoms with Crippen LogP contribution in [0.5, 0.6) is 17.2 Å². The second-order valence-electron chi connectivity index (χ2n) is 6.12. The van der Waals surface area contributed by atoms with Crippen molar-refractivity contribution in [3.8, 4) is 23.3 Å². The van der Waals surface area contributed by atoms with Crippen molar-refractivity contribution in [2.75, 3.05) is 6.61 Å². The number of alkyl halides is 3. The fourth-order valence-corrected chi connectivity index (χ4v) is 2.75. The minimum atomic E-state index is -4.95. The molecular formula is C20H14F3NO4. The first-order valence-corrected chi connectivity index (χ1v) is 8.13. The Morgan fingerprint density at radius 2 is 1.75 bits per heavy atom. The van der Waals surface area contributed by atoms with Crippen LogP contribution in [0, 0.1) is 25.2 Å². The molecule has 8 heteroatoms. The quantitative estimate of drug-likeness (QED) is 0.619. The molecule has 3 rings (SSSR count). The summed E-state index contributed by atoms with van der Waals surface area (Å²) < 4.78 is 56.0. The van der Waals surface area contributed by atoms with Crippen molar-refractivity contribution >= 4 is 11.0 Å². The number of fused-ring (bicyclic) bond motifs is 1. The number of hydrogen-bond acceptors (Lipinski definition) is 5. The number of nitriles is 1. The molecule has 1 heterocycles. The lowest BCUT2D eigenvalue weighted by Crippen LogP contribution is -2.15. The Bertz CT molecular complexity index is 1120. The standard InChI is InChI=1S/C20H14F3NO4/c1-11-7-12(2)9-14(8-11)27-18-17(25)15-4-3-13(26-6-5-24)10-16(15)28-19(18)20(21,22)23/h3-4,7-10H,6H2,1-2H3. The van der Waals surface area contributed by atoms with E-state index in [0.717, 1.165) is 17.2 Å². The van der Waals surface area contributed by atoms with Crippen LogP contribution in [0.2, 0.25) is 0 Å². The van der Waals surface area contributed by atoms with Gasteiger partial charge in [0, 0.05) is 6.07 Å². The van der Waals surface area contributed by atoms with Crippen molar-refractivity contribution in [3.63, 3.8) is 0 Å². The minimum absolute atomic E-state index is 0.100. The fourth-order valence-electron chi connectivity index (χ4n) is 2.75. The van der Waals surface area contributed by atoms with Gasteiger partial charge in [0.25, 0.3) is 5.76 Å². The van der Waals surface area contributed by atoms with Crippen molar-refractivity contribution in [1.82, 2.24) is 0 Å². The highest BCUT2D eigenvalue weighted by Crippen LogP contribution is 2.38. The maximum Gasteiger partial charge on any atom is 0.453 e. The number of halogens is 3. The first-order valence-electron chi connectivity index (χ1n) is 8.13. The van der Waals surface area contributed by atoms with E-state index in [2.05, 4.69) is 0 Å². The van der Waals surface area contributed by atoms with Gasteiger partial charge in [0.1, 0.15) is 23.2 Å². The predicted octanol–water partition coefficient (Wildman–Crippen LogP) is 5.12. The lowest BCUT2D eigenvalue weighted by molar-refractivity contribution is -0.154. The number of benzene rings is 2. The molecule has 0 aliphatic heterocycles. The van der Waals surface area contributed by atoms with Crippen molar-refractivity contribution in [2.45, 2.75) is 20.0 Å². The van der Waals surface area contributed by atoms with Crippen molar-refractivity contribution in [3.05, 3.63) is 63.5 Å². The first kappa shape index (κ1) is 19.3. The van der Waals surface area contributed by atoms with E-state index >= 15 is 0 Å². The number of ether oxygens (including phenoxy) is 2. The molecule has 0 N–H and O–H groups in total. The third kappa shape index (κ3) is 3.93. The van der Waals surface area contributed by atoms with E-state index in [9.17, 15) is 18.0 Å². The molecule has 3 aromatic rings. The second kappa shape index (κ2) is 7.27. The highest BCUT2D eigenvalue weighted by atomic mass is 19.4. The van der Waals surface area contributed by atoms with Gasteiger partial charge in [-0.15, -0.1) is 0 Å². The van der Waals surface area contributed by atoms with E-state index < -0.39 is 23.1 Å². The summed E-state index contributed by atoms with van der Waals surface area (Å²) in [5, 5.41) is 8.44. The maximum absolute atomic E-state index is 13.5. The molecule has 0 saturated heterocycles. The molecule has 28 heavy (non-hydrogen) atoms. The molecule has 0 amide bonds. The van der Waals surface area contributed by atoms with Crippen LogP contribution < -0.4 is 14.9 Å². The second-order valence-corrected chi connectivity index (χ2v) is 6.12.